The zero-order valence-electron chi connectivity index (χ0n) is 18.6. The van der Waals surface area contributed by atoms with Gasteiger partial charge in [0.2, 0.25) is 5.78 Å². The van der Waals surface area contributed by atoms with Crippen LogP contribution in [0.4, 0.5) is 5.69 Å². The van der Waals surface area contributed by atoms with E-state index in [2.05, 4.69) is 16.8 Å². The van der Waals surface area contributed by atoms with Crippen LogP contribution in [0.2, 0.25) is 10.0 Å². The van der Waals surface area contributed by atoms with Crippen LogP contribution in [-0.2, 0) is 10.8 Å². The third-order valence-electron chi connectivity index (χ3n) is 6.02. The summed E-state index contributed by atoms with van der Waals surface area (Å²) >= 11 is 12.5. The van der Waals surface area contributed by atoms with E-state index in [1.54, 1.807) is 6.07 Å². The van der Waals surface area contributed by atoms with Gasteiger partial charge in [-0.05, 0) is 50.2 Å². The number of nitrogens with zero attached hydrogens (tertiary/aromatic N) is 3. The fourth-order valence-corrected chi connectivity index (χ4v) is 5.69. The molecule has 34 heavy (non-hydrogen) atoms. The van der Waals surface area contributed by atoms with E-state index in [1.807, 2.05) is 36.1 Å². The van der Waals surface area contributed by atoms with Gasteiger partial charge < -0.3 is 14.2 Å². The highest BCUT2D eigenvalue weighted by atomic mass is 35.5. The zero-order chi connectivity index (χ0) is 24.4. The summed E-state index contributed by atoms with van der Waals surface area (Å²) in [6, 6.07) is 12.3. The first-order valence-corrected chi connectivity index (χ1v) is 12.8. The summed E-state index contributed by atoms with van der Waals surface area (Å²) in [7, 11) is -1.70. The van der Waals surface area contributed by atoms with Gasteiger partial charge in [-0.15, -0.1) is 0 Å². The Labute approximate surface area is 210 Å². The van der Waals surface area contributed by atoms with E-state index < -0.39 is 16.6 Å². The maximum atomic E-state index is 13.3. The summed E-state index contributed by atoms with van der Waals surface area (Å²) in [6.07, 6.45) is 2.63. The van der Waals surface area contributed by atoms with Gasteiger partial charge in [-0.2, -0.15) is 0 Å². The topological polar surface area (TPSA) is 83.7 Å². The van der Waals surface area contributed by atoms with Crippen LogP contribution in [0.3, 0.4) is 0 Å². The molecular formula is C24H23Cl2N3O4S. The Hall–Kier alpha value is -2.68. The van der Waals surface area contributed by atoms with Crippen molar-refractivity contribution in [2.24, 2.45) is 0 Å². The maximum absolute atomic E-state index is 13.3. The lowest BCUT2D eigenvalue weighted by Gasteiger charge is -2.46. The molecule has 10 heteroatoms. The normalized spacial score (nSPS) is 19.2. The van der Waals surface area contributed by atoms with E-state index in [0.29, 0.717) is 23.7 Å². The van der Waals surface area contributed by atoms with E-state index >= 15 is 0 Å². The first-order chi connectivity index (χ1) is 16.3. The van der Waals surface area contributed by atoms with Crippen molar-refractivity contribution in [3.63, 3.8) is 0 Å². The molecule has 1 fully saturated rings. The molecule has 0 bridgehead atoms. The molecule has 2 aromatic carbocycles. The predicted octanol–water partition coefficient (Wildman–Crippen LogP) is 4.71. The second-order valence-electron chi connectivity index (χ2n) is 8.05. The van der Waals surface area contributed by atoms with E-state index in [1.165, 1.54) is 24.6 Å². The minimum atomic E-state index is -1.70. The van der Waals surface area contributed by atoms with Gasteiger partial charge in [0.25, 0.3) is 11.8 Å². The fourth-order valence-electron chi connectivity index (χ4n) is 4.05. The third kappa shape index (κ3) is 5.04. The van der Waals surface area contributed by atoms with E-state index in [-0.39, 0.29) is 39.6 Å². The average Bonchev–Trinajstić information content (AvgIpc) is 3.35. The largest absolute Gasteiger partial charge is 0.442 e. The lowest BCUT2D eigenvalue weighted by Crippen LogP contribution is -2.59. The molecule has 1 aliphatic rings. The number of hydrogen-bond acceptors (Lipinski definition) is 6. The molecule has 2 heterocycles. The van der Waals surface area contributed by atoms with Crippen molar-refractivity contribution >= 4 is 51.4 Å². The van der Waals surface area contributed by atoms with Crippen molar-refractivity contribution in [3.05, 3.63) is 76.4 Å². The van der Waals surface area contributed by atoms with Crippen molar-refractivity contribution in [2.75, 3.05) is 23.7 Å². The third-order valence-corrected chi connectivity index (χ3v) is 8.05. The number of aromatic nitrogens is 1. The Morgan fingerprint density at radius 3 is 2.59 bits per heavy atom. The quantitative estimate of drug-likeness (QED) is 0.438. The Balaban J connectivity index is 1.46. The molecular weight excluding hydrogens is 497 g/mol. The van der Waals surface area contributed by atoms with Crippen LogP contribution < -0.4 is 4.90 Å². The molecule has 1 aromatic heterocycles. The monoisotopic (exact) mass is 519 g/mol. The van der Waals surface area contributed by atoms with Crippen LogP contribution in [0.15, 0.2) is 64.2 Å². The second kappa shape index (κ2) is 10.3. The number of carbonyl (C=O) groups excluding carboxylic acids is 2. The van der Waals surface area contributed by atoms with E-state index in [0.717, 1.165) is 5.69 Å². The molecule has 178 valence electrons. The minimum Gasteiger partial charge on any atom is -0.442 e. The number of amides is 1. The predicted molar refractivity (Wildman–Crippen MR) is 132 cm³/mol. The number of piperazine rings is 1. The molecule has 7 nitrogen and oxygen atoms in total. The van der Waals surface area contributed by atoms with Crippen LogP contribution in [0.1, 0.15) is 34.9 Å². The Morgan fingerprint density at radius 1 is 1.12 bits per heavy atom. The summed E-state index contributed by atoms with van der Waals surface area (Å²) in [5.74, 6) is -1.05. The van der Waals surface area contributed by atoms with Crippen LogP contribution in [0.5, 0.6) is 0 Å². The minimum absolute atomic E-state index is 0.0637. The Kier molecular flexibility index (Phi) is 7.40. The number of hydrogen-bond donors (Lipinski definition) is 0. The summed E-state index contributed by atoms with van der Waals surface area (Å²) < 4.78 is 17.6. The van der Waals surface area contributed by atoms with Crippen LogP contribution in [0.25, 0.3) is 0 Å². The SMILES string of the molecule is CC1C(C)N(c2cccc(Cl)c2)CCN1C(=O)c1ccc(S(=O)CC(=O)c2ncco2)c(Cl)c1. The molecule has 1 saturated heterocycles. The van der Waals surface area contributed by atoms with Gasteiger partial charge >= 0.3 is 0 Å². The van der Waals surface area contributed by atoms with Crippen LogP contribution in [0, 0.1) is 0 Å². The van der Waals surface area contributed by atoms with Gasteiger partial charge in [-0.25, -0.2) is 4.98 Å². The molecule has 0 radical (unpaired) electrons. The van der Waals surface area contributed by atoms with Gasteiger partial charge in [-0.1, -0.05) is 29.3 Å². The Morgan fingerprint density at radius 2 is 1.91 bits per heavy atom. The first-order valence-electron chi connectivity index (χ1n) is 10.7. The maximum Gasteiger partial charge on any atom is 0.264 e. The lowest BCUT2D eigenvalue weighted by atomic mass is 10.0. The van der Waals surface area contributed by atoms with E-state index in [9.17, 15) is 13.8 Å². The molecule has 3 unspecified atom stereocenters. The number of Topliss-reactive ketones (excluding diaryl/α,β-unsaturated/α-hetero) is 1. The second-order valence-corrected chi connectivity index (χ2v) is 10.3. The van der Waals surface area contributed by atoms with Gasteiger partial charge in [0, 0.05) is 41.4 Å². The number of rotatable bonds is 6. The highest BCUT2D eigenvalue weighted by Gasteiger charge is 2.34. The van der Waals surface area contributed by atoms with Crippen molar-refractivity contribution < 1.29 is 18.2 Å². The summed E-state index contributed by atoms with van der Waals surface area (Å²) in [5.41, 5.74) is 1.42. The van der Waals surface area contributed by atoms with Crippen molar-refractivity contribution in [1.82, 2.24) is 9.88 Å². The van der Waals surface area contributed by atoms with Gasteiger partial charge in [0.15, 0.2) is 0 Å². The number of anilines is 1. The Bertz CT molecular complexity index is 1230. The summed E-state index contributed by atoms with van der Waals surface area (Å²) in [4.78, 5) is 33.5. The van der Waals surface area contributed by atoms with Crippen LogP contribution in [-0.4, -0.2) is 56.7 Å². The highest BCUT2D eigenvalue weighted by molar-refractivity contribution is 7.86. The number of benzene rings is 2. The van der Waals surface area contributed by atoms with Crippen LogP contribution >= 0.6 is 23.2 Å². The fraction of sp³-hybridized carbons (Fsp3) is 0.292. The number of ketones is 1. The molecule has 1 amide bonds. The summed E-state index contributed by atoms with van der Waals surface area (Å²) in [6.45, 7) is 5.29. The van der Waals surface area contributed by atoms with Crippen molar-refractivity contribution in [2.45, 2.75) is 30.8 Å². The molecule has 0 saturated carbocycles. The summed E-state index contributed by atoms with van der Waals surface area (Å²) in [5, 5.41) is 0.841. The molecule has 3 atom stereocenters. The van der Waals surface area contributed by atoms with Gasteiger partial charge in [0.05, 0.1) is 32.7 Å². The average molecular weight is 520 g/mol. The van der Waals surface area contributed by atoms with Crippen molar-refractivity contribution in [3.8, 4) is 0 Å². The lowest BCUT2D eigenvalue weighted by molar-refractivity contribution is 0.0634. The highest BCUT2D eigenvalue weighted by Crippen LogP contribution is 2.29. The number of halogens is 2. The van der Waals surface area contributed by atoms with E-state index in [4.69, 9.17) is 27.6 Å². The smallest absolute Gasteiger partial charge is 0.264 e. The molecule has 1 aliphatic heterocycles. The molecule has 4 rings (SSSR count). The molecule has 0 aliphatic carbocycles. The number of carbonyl (C=O) groups is 2. The van der Waals surface area contributed by atoms with Gasteiger partial charge in [0.1, 0.15) is 6.26 Å². The number of oxazole rings is 1. The zero-order valence-corrected chi connectivity index (χ0v) is 20.9. The van der Waals surface area contributed by atoms with Gasteiger partial charge in [-0.3, -0.25) is 13.8 Å². The molecule has 0 spiro atoms. The molecule has 3 aromatic rings. The standard InChI is InChI=1S/C24H23Cl2N3O4S/c1-15-16(2)29(10-9-28(15)19-5-3-4-18(25)13-19)24(31)17-6-7-22(20(26)12-17)34(32)14-21(30)23-27-8-11-33-23/h3-8,11-13,15-16H,9-10,14H2,1-2H3. The first kappa shape index (κ1) is 24.4. The van der Waals surface area contributed by atoms with Crippen molar-refractivity contribution in [1.29, 1.82) is 0 Å². The molecule has 0 N–H and O–H groups in total.